The highest BCUT2D eigenvalue weighted by atomic mass is 35.5. The molecule has 1 rings (SSSR count). The van der Waals surface area contributed by atoms with E-state index < -0.39 is 0 Å². The highest BCUT2D eigenvalue weighted by molar-refractivity contribution is 6.31. The molecule has 1 aromatic carbocycles. The molecule has 3 nitrogen and oxygen atoms in total. The summed E-state index contributed by atoms with van der Waals surface area (Å²) < 4.78 is 10.7. The van der Waals surface area contributed by atoms with Gasteiger partial charge in [0.2, 0.25) is 0 Å². The van der Waals surface area contributed by atoms with Crippen molar-refractivity contribution in [1.29, 1.82) is 0 Å². The van der Waals surface area contributed by atoms with Crippen LogP contribution in [0.5, 0.6) is 5.75 Å². The molecule has 0 atom stereocenters. The predicted octanol–water partition coefficient (Wildman–Crippen LogP) is 2.86. The largest absolute Gasteiger partial charge is 0.491 e. The van der Waals surface area contributed by atoms with Crippen LogP contribution in [0.2, 0.25) is 5.02 Å². The summed E-state index contributed by atoms with van der Waals surface area (Å²) in [7, 11) is 1.68. The van der Waals surface area contributed by atoms with Crippen LogP contribution in [0.4, 0.5) is 0 Å². The Kier molecular flexibility index (Phi) is 6.34. The number of hydrogen-bond acceptors (Lipinski definition) is 3. The van der Waals surface area contributed by atoms with E-state index in [2.05, 4.69) is 5.32 Å². The zero-order chi connectivity index (χ0) is 12.7. The van der Waals surface area contributed by atoms with Crippen molar-refractivity contribution in [2.24, 2.45) is 0 Å². The molecule has 96 valence electrons. The van der Waals surface area contributed by atoms with Crippen molar-refractivity contribution in [2.45, 2.75) is 26.5 Å². The lowest BCUT2D eigenvalue weighted by atomic mass is 10.2. The average Bonchev–Trinajstić information content (AvgIpc) is 2.26. The van der Waals surface area contributed by atoms with E-state index in [0.29, 0.717) is 13.2 Å². The smallest absolute Gasteiger partial charge is 0.125 e. The molecule has 0 aliphatic heterocycles. The predicted molar refractivity (Wildman–Crippen MR) is 70.8 cm³/mol. The molecule has 0 aliphatic carbocycles. The maximum absolute atomic E-state index is 6.17. The molecule has 0 heterocycles. The summed E-state index contributed by atoms with van der Waals surface area (Å²) in [6, 6.07) is 5.72. The van der Waals surface area contributed by atoms with E-state index in [1.54, 1.807) is 7.11 Å². The molecular weight excluding hydrogens is 238 g/mol. The minimum absolute atomic E-state index is 0.145. The normalized spacial score (nSPS) is 10.9. The maximum Gasteiger partial charge on any atom is 0.125 e. The van der Waals surface area contributed by atoms with Crippen molar-refractivity contribution in [3.8, 4) is 5.75 Å². The summed E-state index contributed by atoms with van der Waals surface area (Å²) in [4.78, 5) is 0. The summed E-state index contributed by atoms with van der Waals surface area (Å²) in [5, 5.41) is 4.00. The fourth-order valence-corrected chi connectivity index (χ4v) is 1.70. The van der Waals surface area contributed by atoms with Crippen LogP contribution < -0.4 is 10.1 Å². The monoisotopic (exact) mass is 257 g/mol. The van der Waals surface area contributed by atoms with E-state index >= 15 is 0 Å². The Morgan fingerprint density at radius 1 is 1.35 bits per heavy atom. The van der Waals surface area contributed by atoms with Crippen molar-refractivity contribution >= 4 is 11.6 Å². The van der Waals surface area contributed by atoms with Crippen LogP contribution >= 0.6 is 11.6 Å². The Morgan fingerprint density at radius 2 is 2.12 bits per heavy atom. The zero-order valence-electron chi connectivity index (χ0n) is 10.6. The van der Waals surface area contributed by atoms with E-state index in [9.17, 15) is 0 Å². The van der Waals surface area contributed by atoms with E-state index in [4.69, 9.17) is 21.1 Å². The number of rotatable bonds is 7. The standard InChI is InChI=1S/C13H20ClNO2/c1-10(2)17-13-6-4-5-12(14)11(13)9-15-7-8-16-3/h4-6,10,15H,7-9H2,1-3H3. The van der Waals surface area contributed by atoms with Crippen molar-refractivity contribution in [2.75, 3.05) is 20.3 Å². The van der Waals surface area contributed by atoms with Crippen LogP contribution in [0.25, 0.3) is 0 Å². The van der Waals surface area contributed by atoms with Crippen molar-refractivity contribution in [1.82, 2.24) is 5.32 Å². The second-order valence-electron chi connectivity index (χ2n) is 4.05. The lowest BCUT2D eigenvalue weighted by Gasteiger charge is -2.15. The molecule has 0 radical (unpaired) electrons. The van der Waals surface area contributed by atoms with Crippen LogP contribution in [0.3, 0.4) is 0 Å². The van der Waals surface area contributed by atoms with E-state index in [1.807, 2.05) is 32.0 Å². The second kappa shape index (κ2) is 7.54. The Labute approximate surface area is 108 Å². The first kappa shape index (κ1) is 14.3. The number of ether oxygens (including phenoxy) is 2. The molecule has 0 amide bonds. The highest BCUT2D eigenvalue weighted by Crippen LogP contribution is 2.27. The van der Waals surface area contributed by atoms with Gasteiger partial charge in [-0.25, -0.2) is 0 Å². The van der Waals surface area contributed by atoms with Crippen LogP contribution in [-0.4, -0.2) is 26.4 Å². The number of hydrogen-bond donors (Lipinski definition) is 1. The fraction of sp³-hybridized carbons (Fsp3) is 0.538. The van der Waals surface area contributed by atoms with Gasteiger partial charge < -0.3 is 14.8 Å². The summed E-state index contributed by atoms with van der Waals surface area (Å²) in [5.74, 6) is 0.845. The van der Waals surface area contributed by atoms with Gasteiger partial charge in [-0.05, 0) is 26.0 Å². The van der Waals surface area contributed by atoms with Gasteiger partial charge in [0.05, 0.1) is 12.7 Å². The molecule has 1 aromatic rings. The first-order chi connectivity index (χ1) is 8.15. The van der Waals surface area contributed by atoms with Gasteiger partial charge in [0.1, 0.15) is 5.75 Å². The molecule has 1 N–H and O–H groups in total. The van der Waals surface area contributed by atoms with Gasteiger partial charge in [0, 0.05) is 30.8 Å². The molecule has 0 aromatic heterocycles. The Bertz CT molecular complexity index is 342. The molecule has 0 bridgehead atoms. The summed E-state index contributed by atoms with van der Waals surface area (Å²) in [6.07, 6.45) is 0.145. The number of methoxy groups -OCH3 is 1. The van der Waals surface area contributed by atoms with E-state index in [0.717, 1.165) is 22.9 Å². The number of benzene rings is 1. The topological polar surface area (TPSA) is 30.5 Å². The van der Waals surface area contributed by atoms with Crippen molar-refractivity contribution in [3.63, 3.8) is 0 Å². The van der Waals surface area contributed by atoms with Gasteiger partial charge in [-0.3, -0.25) is 0 Å². The quantitative estimate of drug-likeness (QED) is 0.762. The van der Waals surface area contributed by atoms with Crippen molar-refractivity contribution in [3.05, 3.63) is 28.8 Å². The van der Waals surface area contributed by atoms with Gasteiger partial charge in [-0.15, -0.1) is 0 Å². The van der Waals surface area contributed by atoms with Gasteiger partial charge in [0.25, 0.3) is 0 Å². The van der Waals surface area contributed by atoms with E-state index in [-0.39, 0.29) is 6.10 Å². The fourth-order valence-electron chi connectivity index (χ4n) is 1.46. The summed E-state index contributed by atoms with van der Waals surface area (Å²) >= 11 is 6.17. The third kappa shape index (κ3) is 4.94. The number of halogens is 1. The average molecular weight is 258 g/mol. The van der Waals surface area contributed by atoms with Gasteiger partial charge in [-0.1, -0.05) is 17.7 Å². The van der Waals surface area contributed by atoms with Crippen LogP contribution in [0.1, 0.15) is 19.4 Å². The first-order valence-electron chi connectivity index (χ1n) is 5.79. The SMILES string of the molecule is COCCNCc1c(Cl)cccc1OC(C)C. The lowest BCUT2D eigenvalue weighted by molar-refractivity contribution is 0.198. The molecule has 0 aliphatic rings. The molecule has 17 heavy (non-hydrogen) atoms. The van der Waals surface area contributed by atoms with Crippen LogP contribution in [-0.2, 0) is 11.3 Å². The molecular formula is C13H20ClNO2. The molecule has 0 unspecified atom stereocenters. The Hall–Kier alpha value is -0.770. The third-order valence-corrected chi connectivity index (χ3v) is 2.58. The summed E-state index contributed by atoms with van der Waals surface area (Å²) in [5.41, 5.74) is 0.999. The van der Waals surface area contributed by atoms with Gasteiger partial charge >= 0.3 is 0 Å². The first-order valence-corrected chi connectivity index (χ1v) is 6.16. The number of nitrogens with one attached hydrogen (secondary N) is 1. The minimum atomic E-state index is 0.145. The summed E-state index contributed by atoms with van der Waals surface area (Å²) in [6.45, 7) is 6.17. The minimum Gasteiger partial charge on any atom is -0.491 e. The molecule has 0 spiro atoms. The Balaban J connectivity index is 2.66. The lowest BCUT2D eigenvalue weighted by Crippen LogP contribution is -2.19. The molecule has 0 saturated carbocycles. The zero-order valence-corrected chi connectivity index (χ0v) is 11.4. The van der Waals surface area contributed by atoms with Crippen LogP contribution in [0, 0.1) is 0 Å². The van der Waals surface area contributed by atoms with E-state index in [1.165, 1.54) is 0 Å². The van der Waals surface area contributed by atoms with Crippen LogP contribution in [0.15, 0.2) is 18.2 Å². The second-order valence-corrected chi connectivity index (χ2v) is 4.46. The highest BCUT2D eigenvalue weighted by Gasteiger charge is 2.09. The molecule has 0 saturated heterocycles. The Morgan fingerprint density at radius 3 is 2.76 bits per heavy atom. The van der Waals surface area contributed by atoms with Crippen molar-refractivity contribution < 1.29 is 9.47 Å². The maximum atomic E-state index is 6.17. The molecule has 0 fully saturated rings. The van der Waals surface area contributed by atoms with Gasteiger partial charge in [0.15, 0.2) is 0 Å². The third-order valence-electron chi connectivity index (χ3n) is 2.22. The van der Waals surface area contributed by atoms with Gasteiger partial charge in [-0.2, -0.15) is 0 Å². The molecule has 4 heteroatoms.